The smallest absolute Gasteiger partial charge is 0.269 e. The number of rotatable bonds is 18. The minimum atomic E-state index is -0.369. The number of nitro benzene ring substituents is 1. The molecule has 0 spiro atoms. The molecule has 0 saturated heterocycles. The summed E-state index contributed by atoms with van der Waals surface area (Å²) in [4.78, 5) is 10.7. The predicted octanol–water partition coefficient (Wildman–Crippen LogP) is 8.70. The Kier molecular flexibility index (Phi) is 12.6. The van der Waals surface area contributed by atoms with E-state index in [1.165, 1.54) is 50.5 Å². The van der Waals surface area contributed by atoms with Gasteiger partial charge in [-0.05, 0) is 66.1 Å². The molecule has 39 heavy (non-hydrogen) atoms. The van der Waals surface area contributed by atoms with Crippen LogP contribution in [0.2, 0.25) is 0 Å². The highest BCUT2D eigenvalue weighted by molar-refractivity contribution is 5.42. The number of unbranched alkanes of at least 4 members (excludes halogenated alkanes) is 7. The molecule has 0 amide bonds. The quantitative estimate of drug-likeness (QED) is 0.0929. The van der Waals surface area contributed by atoms with Crippen molar-refractivity contribution in [2.75, 3.05) is 20.8 Å². The third-order valence-corrected chi connectivity index (χ3v) is 7.15. The lowest BCUT2D eigenvalue weighted by atomic mass is 9.86. The van der Waals surface area contributed by atoms with Crippen molar-refractivity contribution in [3.63, 3.8) is 0 Å². The summed E-state index contributed by atoms with van der Waals surface area (Å²) in [5, 5.41) is 11.1. The van der Waals surface area contributed by atoms with Crippen molar-refractivity contribution < 1.29 is 19.1 Å². The Morgan fingerprint density at radius 2 is 1.21 bits per heavy atom. The molecule has 0 fully saturated rings. The lowest BCUT2D eigenvalue weighted by molar-refractivity contribution is -0.384. The highest BCUT2D eigenvalue weighted by atomic mass is 16.6. The maximum atomic E-state index is 11.1. The van der Waals surface area contributed by atoms with E-state index in [0.29, 0.717) is 0 Å². The molecule has 3 aromatic rings. The molecule has 1 atom stereocenters. The summed E-state index contributed by atoms with van der Waals surface area (Å²) in [6.45, 7) is 3.00. The standard InChI is InChI=1S/C33H43NO5/c1-4-5-6-7-8-9-10-11-20-39-31-18-14-27(15-19-31)22-28(21-26-12-16-30(17-13-26)34(35)36)29-23-32(37-2)25-33(24-29)38-3/h12-19,23-25,28H,4-11,20-22H2,1-3H3. The second-order valence-electron chi connectivity index (χ2n) is 10.1. The summed E-state index contributed by atoms with van der Waals surface area (Å²) in [7, 11) is 3.30. The molecule has 0 bridgehead atoms. The largest absolute Gasteiger partial charge is 0.497 e. The predicted molar refractivity (Wildman–Crippen MR) is 157 cm³/mol. The van der Waals surface area contributed by atoms with Gasteiger partial charge >= 0.3 is 0 Å². The van der Waals surface area contributed by atoms with E-state index in [2.05, 4.69) is 31.2 Å². The zero-order valence-electron chi connectivity index (χ0n) is 23.7. The Morgan fingerprint density at radius 3 is 1.72 bits per heavy atom. The summed E-state index contributed by atoms with van der Waals surface area (Å²) in [5.74, 6) is 2.50. The fourth-order valence-corrected chi connectivity index (χ4v) is 4.84. The van der Waals surface area contributed by atoms with Gasteiger partial charge < -0.3 is 14.2 Å². The van der Waals surface area contributed by atoms with Crippen molar-refractivity contribution in [2.24, 2.45) is 0 Å². The summed E-state index contributed by atoms with van der Waals surface area (Å²) in [5.41, 5.74) is 3.43. The van der Waals surface area contributed by atoms with Crippen molar-refractivity contribution in [2.45, 2.75) is 77.0 Å². The number of nitrogens with zero attached hydrogens (tertiary/aromatic N) is 1. The van der Waals surface area contributed by atoms with Gasteiger partial charge in [0.1, 0.15) is 17.2 Å². The van der Waals surface area contributed by atoms with E-state index in [1.54, 1.807) is 26.4 Å². The molecule has 6 heteroatoms. The Labute approximate surface area is 233 Å². The van der Waals surface area contributed by atoms with Gasteiger partial charge in [0.15, 0.2) is 0 Å². The first-order valence-electron chi connectivity index (χ1n) is 14.2. The molecule has 3 aromatic carbocycles. The van der Waals surface area contributed by atoms with Crippen LogP contribution in [0.3, 0.4) is 0 Å². The minimum Gasteiger partial charge on any atom is -0.497 e. The van der Waals surface area contributed by atoms with Crippen LogP contribution in [0.1, 0.15) is 80.9 Å². The zero-order chi connectivity index (χ0) is 27.9. The average molecular weight is 534 g/mol. The van der Waals surface area contributed by atoms with Crippen molar-refractivity contribution in [3.8, 4) is 17.2 Å². The van der Waals surface area contributed by atoms with Crippen LogP contribution in [-0.4, -0.2) is 25.7 Å². The normalized spacial score (nSPS) is 11.7. The molecule has 1 unspecified atom stereocenters. The van der Waals surface area contributed by atoms with E-state index < -0.39 is 0 Å². The third-order valence-electron chi connectivity index (χ3n) is 7.15. The SMILES string of the molecule is CCCCCCCCCCOc1ccc(CC(Cc2ccc([N+](=O)[O-])cc2)c2cc(OC)cc(OC)c2)cc1. The number of nitro groups is 1. The van der Waals surface area contributed by atoms with E-state index in [4.69, 9.17) is 14.2 Å². The molecule has 0 heterocycles. The highest BCUT2D eigenvalue weighted by Gasteiger charge is 2.17. The van der Waals surface area contributed by atoms with Gasteiger partial charge in [0.05, 0.1) is 25.7 Å². The van der Waals surface area contributed by atoms with Crippen molar-refractivity contribution in [1.82, 2.24) is 0 Å². The van der Waals surface area contributed by atoms with E-state index >= 15 is 0 Å². The van der Waals surface area contributed by atoms with Gasteiger partial charge in [-0.1, -0.05) is 76.1 Å². The maximum absolute atomic E-state index is 11.1. The van der Waals surface area contributed by atoms with E-state index in [1.807, 2.05) is 30.3 Å². The van der Waals surface area contributed by atoms with Gasteiger partial charge in [-0.25, -0.2) is 0 Å². The second kappa shape index (κ2) is 16.4. The number of non-ortho nitro benzene ring substituents is 1. The summed E-state index contributed by atoms with van der Waals surface area (Å²) >= 11 is 0. The Morgan fingerprint density at radius 1 is 0.692 bits per heavy atom. The average Bonchev–Trinajstić information content (AvgIpc) is 2.96. The third kappa shape index (κ3) is 10.3. The molecule has 0 N–H and O–H groups in total. The van der Waals surface area contributed by atoms with E-state index in [0.717, 1.165) is 54.2 Å². The van der Waals surface area contributed by atoms with Gasteiger partial charge in [-0.15, -0.1) is 0 Å². The van der Waals surface area contributed by atoms with Crippen molar-refractivity contribution >= 4 is 5.69 Å². The number of hydrogen-bond acceptors (Lipinski definition) is 5. The Hall–Kier alpha value is -3.54. The lowest BCUT2D eigenvalue weighted by Crippen LogP contribution is -2.08. The molecule has 0 aliphatic rings. The first-order valence-corrected chi connectivity index (χ1v) is 14.2. The lowest BCUT2D eigenvalue weighted by Gasteiger charge is -2.20. The van der Waals surface area contributed by atoms with Gasteiger partial charge in [-0.3, -0.25) is 10.1 Å². The van der Waals surface area contributed by atoms with Gasteiger partial charge in [0.25, 0.3) is 5.69 Å². The van der Waals surface area contributed by atoms with Crippen LogP contribution in [-0.2, 0) is 12.8 Å². The van der Waals surface area contributed by atoms with E-state index in [9.17, 15) is 10.1 Å². The van der Waals surface area contributed by atoms with Gasteiger partial charge in [0.2, 0.25) is 0 Å². The van der Waals surface area contributed by atoms with Crippen LogP contribution >= 0.6 is 0 Å². The molecule has 3 rings (SSSR count). The molecule has 6 nitrogen and oxygen atoms in total. The van der Waals surface area contributed by atoms with E-state index in [-0.39, 0.29) is 16.5 Å². The number of ether oxygens (including phenoxy) is 3. The minimum absolute atomic E-state index is 0.0981. The van der Waals surface area contributed by atoms with Crippen molar-refractivity contribution in [3.05, 3.63) is 93.5 Å². The fraction of sp³-hybridized carbons (Fsp3) is 0.455. The zero-order valence-corrected chi connectivity index (χ0v) is 23.7. The van der Waals surface area contributed by atoms with Crippen LogP contribution < -0.4 is 14.2 Å². The van der Waals surface area contributed by atoms with Crippen LogP contribution in [0.25, 0.3) is 0 Å². The molecular weight excluding hydrogens is 490 g/mol. The Bertz CT molecular complexity index is 1110. The summed E-state index contributed by atoms with van der Waals surface area (Å²) in [6.07, 6.45) is 11.8. The monoisotopic (exact) mass is 533 g/mol. The first kappa shape index (κ1) is 30.0. The first-order chi connectivity index (χ1) is 19.0. The Balaban J connectivity index is 1.63. The van der Waals surface area contributed by atoms with Crippen LogP contribution in [0, 0.1) is 10.1 Å². The molecule has 0 saturated carbocycles. The molecule has 0 radical (unpaired) electrons. The second-order valence-corrected chi connectivity index (χ2v) is 10.1. The van der Waals surface area contributed by atoms with Crippen LogP contribution in [0.5, 0.6) is 17.2 Å². The molecular formula is C33H43NO5. The molecule has 0 aliphatic heterocycles. The van der Waals surface area contributed by atoms with Crippen molar-refractivity contribution in [1.29, 1.82) is 0 Å². The summed E-state index contributed by atoms with van der Waals surface area (Å²) < 4.78 is 17.0. The van der Waals surface area contributed by atoms with Gasteiger partial charge in [0, 0.05) is 18.2 Å². The maximum Gasteiger partial charge on any atom is 0.269 e. The highest BCUT2D eigenvalue weighted by Crippen LogP contribution is 2.32. The molecule has 210 valence electrons. The van der Waals surface area contributed by atoms with Crippen LogP contribution in [0.4, 0.5) is 5.69 Å². The van der Waals surface area contributed by atoms with Gasteiger partial charge in [-0.2, -0.15) is 0 Å². The summed E-state index contributed by atoms with van der Waals surface area (Å²) in [6, 6.07) is 21.1. The molecule has 0 aromatic heterocycles. The number of benzene rings is 3. The number of hydrogen-bond donors (Lipinski definition) is 0. The topological polar surface area (TPSA) is 70.8 Å². The number of methoxy groups -OCH3 is 2. The molecule has 0 aliphatic carbocycles. The fourth-order valence-electron chi connectivity index (χ4n) is 4.84. The van der Waals surface area contributed by atoms with Crippen LogP contribution in [0.15, 0.2) is 66.7 Å².